The van der Waals surface area contributed by atoms with Gasteiger partial charge in [-0.15, -0.1) is 0 Å². The number of aliphatic carboxylic acids is 2. The van der Waals surface area contributed by atoms with Crippen molar-refractivity contribution in [1.29, 1.82) is 0 Å². The molecule has 0 aromatic carbocycles. The average molecular weight is 779 g/mol. The Kier molecular flexibility index (Phi) is 47.8. The molecule has 0 saturated carbocycles. The first-order valence-electron chi connectivity index (χ1n) is 18.6. The number of carbonyl (C=O) groups excluding carboxylic acids is 4. The fourth-order valence-electron chi connectivity index (χ4n) is 4.53. The lowest BCUT2D eigenvalue weighted by molar-refractivity contribution is -0.144. The van der Waals surface area contributed by atoms with Gasteiger partial charge in [-0.05, 0) is 38.3 Å². The largest absolute Gasteiger partial charge is 0.480 e. The van der Waals surface area contributed by atoms with Crippen LogP contribution >= 0.6 is 0 Å². The van der Waals surface area contributed by atoms with E-state index in [1.807, 2.05) is 18.7 Å². The van der Waals surface area contributed by atoms with Crippen LogP contribution < -0.4 is 5.32 Å². The van der Waals surface area contributed by atoms with Crippen LogP contribution in [0.2, 0.25) is 0 Å². The molecule has 0 aromatic rings. The van der Waals surface area contributed by atoms with E-state index in [4.69, 9.17) is 32.3 Å². The highest BCUT2D eigenvalue weighted by Crippen LogP contribution is 2.11. The molecule has 18 heteroatoms. The van der Waals surface area contributed by atoms with Gasteiger partial charge >= 0.3 is 11.9 Å². The van der Waals surface area contributed by atoms with Gasteiger partial charge in [0.1, 0.15) is 18.6 Å². The molecule has 0 aliphatic carbocycles. The minimum absolute atomic E-state index is 0.0196. The van der Waals surface area contributed by atoms with Gasteiger partial charge in [-0.3, -0.25) is 29.1 Å². The quantitative estimate of drug-likeness (QED) is 0.0336. The molecule has 5 N–H and O–H groups in total. The van der Waals surface area contributed by atoms with Crippen LogP contribution in [0, 0.1) is 5.92 Å². The van der Waals surface area contributed by atoms with Gasteiger partial charge in [0, 0.05) is 66.2 Å². The summed E-state index contributed by atoms with van der Waals surface area (Å²) in [5.74, 6) is -1.76. The number of aliphatic hydroxyl groups excluding tert-OH is 2. The van der Waals surface area contributed by atoms with Crippen LogP contribution in [0.4, 0.5) is 0 Å². The number of rotatable bonds is 34. The van der Waals surface area contributed by atoms with Gasteiger partial charge in [-0.1, -0.05) is 34.1 Å². The number of aldehydes is 2. The van der Waals surface area contributed by atoms with E-state index in [0.717, 1.165) is 46.2 Å². The summed E-state index contributed by atoms with van der Waals surface area (Å²) in [4.78, 5) is 72.7. The Bertz CT molecular complexity index is 922. The molecule has 0 aliphatic heterocycles. The highest BCUT2D eigenvalue weighted by Gasteiger charge is 2.26. The standard InChI is InChI=1S/C31H57BN4O10.C3H6O.2CH4O/c1-4-11-36(16-15-35(25-30(40)41)14-13-34(17-18-37)12-8-26(3)5-2)27(31(42)43)6-7-29(39)33-10-20-45-22-24-46-23-21-44-19-9-28(32)38;1-2-3-4;2*1-2/h18,26-27H,4-17,19-25H2,1-3H3,(H,33,39)(H,40,41)(H,42,43);3H,2H2,1H3;2*2H,1H3. The second-order valence-corrected chi connectivity index (χ2v) is 11.8. The number of hydrogen-bond donors (Lipinski definition) is 5. The smallest absolute Gasteiger partial charge is 0.320 e. The molecule has 316 valence electrons. The van der Waals surface area contributed by atoms with Crippen LogP contribution in [0.25, 0.3) is 0 Å². The number of aliphatic hydroxyl groups is 2. The Labute approximate surface area is 324 Å². The van der Waals surface area contributed by atoms with Gasteiger partial charge < -0.3 is 54.3 Å². The first-order valence-corrected chi connectivity index (χ1v) is 18.6. The SMILES string of the molecule is CCC=O.CO.CO.[B]C(=O)CCOCCOCCOCCNC(=O)CCC(C(=O)O)N(CCC)CCN(CCN(CC=O)CCC(C)CC)CC(=O)O. The van der Waals surface area contributed by atoms with Crippen molar-refractivity contribution in [3.63, 3.8) is 0 Å². The van der Waals surface area contributed by atoms with Crippen molar-refractivity contribution in [1.82, 2.24) is 20.0 Å². The number of ether oxygens (including phenoxy) is 3. The highest BCUT2D eigenvalue weighted by molar-refractivity contribution is 6.57. The molecule has 0 heterocycles. The maximum atomic E-state index is 12.4. The third-order valence-corrected chi connectivity index (χ3v) is 7.62. The Balaban J connectivity index is -0.00000143. The molecule has 0 fully saturated rings. The van der Waals surface area contributed by atoms with Crippen LogP contribution in [0.1, 0.15) is 72.6 Å². The summed E-state index contributed by atoms with van der Waals surface area (Å²) in [6.45, 7) is 13.2. The normalized spacial score (nSPS) is 11.6. The van der Waals surface area contributed by atoms with Gasteiger partial charge in [-0.25, -0.2) is 0 Å². The zero-order valence-corrected chi connectivity index (χ0v) is 33.7. The number of carbonyl (C=O) groups is 6. The van der Waals surface area contributed by atoms with Crippen LogP contribution in [0.3, 0.4) is 0 Å². The van der Waals surface area contributed by atoms with E-state index in [2.05, 4.69) is 19.2 Å². The Morgan fingerprint density at radius 3 is 1.74 bits per heavy atom. The van der Waals surface area contributed by atoms with E-state index in [1.54, 1.807) is 9.80 Å². The summed E-state index contributed by atoms with van der Waals surface area (Å²) in [6, 6.07) is -0.896. The van der Waals surface area contributed by atoms with E-state index >= 15 is 0 Å². The molecular weight excluding hydrogens is 707 g/mol. The first-order chi connectivity index (χ1) is 25.9. The third-order valence-electron chi connectivity index (χ3n) is 7.62. The van der Waals surface area contributed by atoms with Gasteiger partial charge in [-0.2, -0.15) is 0 Å². The molecule has 0 aliphatic rings. The Morgan fingerprint density at radius 1 is 0.722 bits per heavy atom. The summed E-state index contributed by atoms with van der Waals surface area (Å²) in [7, 11) is 7.02. The Morgan fingerprint density at radius 2 is 1.26 bits per heavy atom. The lowest BCUT2D eigenvalue weighted by atomic mass is 10.0. The maximum Gasteiger partial charge on any atom is 0.320 e. The number of carboxylic acid groups (broad SMARTS) is 2. The Hall–Kier alpha value is -2.84. The topological polar surface area (TPSA) is 233 Å². The fraction of sp³-hybridized carbons (Fsp3) is 0.833. The van der Waals surface area contributed by atoms with E-state index < -0.39 is 23.7 Å². The van der Waals surface area contributed by atoms with Gasteiger partial charge in [0.2, 0.25) is 5.91 Å². The highest BCUT2D eigenvalue weighted by atomic mass is 16.5. The molecule has 0 aromatic heterocycles. The summed E-state index contributed by atoms with van der Waals surface area (Å²) in [6.07, 6.45) is 5.35. The number of amides is 1. The van der Waals surface area contributed by atoms with E-state index in [9.17, 15) is 39.0 Å². The molecule has 0 saturated heterocycles. The lowest BCUT2D eigenvalue weighted by Crippen LogP contribution is -2.47. The van der Waals surface area contributed by atoms with Crippen molar-refractivity contribution in [2.75, 3.05) is 113 Å². The minimum Gasteiger partial charge on any atom is -0.480 e. The van der Waals surface area contributed by atoms with Gasteiger partial charge in [0.05, 0.1) is 58.4 Å². The molecule has 0 rings (SSSR count). The molecule has 0 spiro atoms. The van der Waals surface area contributed by atoms with Crippen molar-refractivity contribution >= 4 is 43.9 Å². The zero-order valence-electron chi connectivity index (χ0n) is 33.7. The van der Waals surface area contributed by atoms with E-state index in [1.165, 1.54) is 0 Å². The average Bonchev–Trinajstić information content (AvgIpc) is 3.16. The lowest BCUT2D eigenvalue weighted by Gasteiger charge is -2.32. The van der Waals surface area contributed by atoms with Gasteiger partial charge in [0.25, 0.3) is 0 Å². The predicted octanol–water partition coefficient (Wildman–Crippen LogP) is 0.319. The van der Waals surface area contributed by atoms with Crippen molar-refractivity contribution in [3.8, 4) is 0 Å². The van der Waals surface area contributed by atoms with Crippen LogP contribution in [-0.2, 0) is 43.0 Å². The fourth-order valence-corrected chi connectivity index (χ4v) is 4.53. The van der Waals surface area contributed by atoms with Crippen molar-refractivity contribution in [2.45, 2.75) is 78.7 Å². The van der Waals surface area contributed by atoms with E-state index in [0.29, 0.717) is 77.9 Å². The summed E-state index contributed by atoms with van der Waals surface area (Å²) >= 11 is 0. The molecule has 17 nitrogen and oxygen atoms in total. The van der Waals surface area contributed by atoms with Crippen molar-refractivity contribution in [3.05, 3.63) is 0 Å². The zero-order chi connectivity index (χ0) is 42.0. The summed E-state index contributed by atoms with van der Waals surface area (Å²) in [5, 5.41) is 36.2. The van der Waals surface area contributed by atoms with Crippen molar-refractivity contribution in [2.24, 2.45) is 5.92 Å². The molecule has 2 atom stereocenters. The van der Waals surface area contributed by atoms with Gasteiger partial charge in [0.15, 0.2) is 7.85 Å². The van der Waals surface area contributed by atoms with E-state index in [-0.39, 0.29) is 58.0 Å². The molecule has 1 amide bonds. The second-order valence-electron chi connectivity index (χ2n) is 11.8. The molecule has 2 radical (unpaired) electrons. The number of nitrogens with one attached hydrogen (secondary N) is 1. The van der Waals surface area contributed by atoms with Crippen LogP contribution in [0.5, 0.6) is 0 Å². The second kappa shape index (κ2) is 44.6. The number of hydrogen-bond acceptors (Lipinski definition) is 14. The summed E-state index contributed by atoms with van der Waals surface area (Å²) < 4.78 is 16.0. The molecule has 2 unspecified atom stereocenters. The maximum absolute atomic E-state index is 12.4. The molecule has 0 bridgehead atoms. The summed E-state index contributed by atoms with van der Waals surface area (Å²) in [5.41, 5.74) is -0.419. The molecular formula is C36H71BN4O13. The number of nitrogens with zero attached hydrogens (tertiary/aromatic N) is 3. The third kappa shape index (κ3) is 40.4. The first kappa shape index (κ1) is 57.9. The van der Waals surface area contributed by atoms with Crippen LogP contribution in [0.15, 0.2) is 0 Å². The minimum atomic E-state index is -1.03. The number of carboxylic acids is 2. The molecule has 54 heavy (non-hydrogen) atoms. The van der Waals surface area contributed by atoms with Crippen molar-refractivity contribution < 1.29 is 63.4 Å². The monoisotopic (exact) mass is 779 g/mol. The van der Waals surface area contributed by atoms with Crippen LogP contribution in [-0.4, -0.2) is 198 Å². The predicted molar refractivity (Wildman–Crippen MR) is 207 cm³/mol.